The fraction of sp³-hybridized carbons (Fsp3) is 0.235. The normalized spacial score (nSPS) is 12.9. The average Bonchev–Trinajstić information content (AvgIpc) is 2.53. The molecule has 2 aromatic rings. The Balaban J connectivity index is 2.11. The van der Waals surface area contributed by atoms with Gasteiger partial charge in [0.1, 0.15) is 0 Å². The second-order valence-electron chi connectivity index (χ2n) is 5.86. The number of carbonyl (C=O) groups is 1. The molecule has 2 aromatic carbocycles. The Kier molecular flexibility index (Phi) is 5.99. The third-order valence-corrected chi connectivity index (χ3v) is 4.11. The molecule has 0 bridgehead atoms. The fourth-order valence-electron chi connectivity index (χ4n) is 2.38. The van der Waals surface area contributed by atoms with Crippen LogP contribution in [-0.4, -0.2) is 20.7 Å². The molecule has 2 amide bonds. The van der Waals surface area contributed by atoms with Gasteiger partial charge in [0.05, 0.1) is 23.5 Å². The molecule has 1 atom stereocenters. The first-order valence-corrected chi connectivity index (χ1v) is 9.66. The standard InChI is InChI=1S/C17H18F3N3O3S/c1-11(14-8-3-4-9-15(14)23-27(2,25)26)21-16(24)22-13-7-5-6-12(10-13)17(18,19)20/h3-11,23H,1-2H3,(H2,21,22,24)/t11-/m0/s1. The molecule has 0 heterocycles. The third-order valence-electron chi connectivity index (χ3n) is 3.52. The highest BCUT2D eigenvalue weighted by atomic mass is 32.2. The summed E-state index contributed by atoms with van der Waals surface area (Å²) in [5.41, 5.74) is -0.0953. The van der Waals surface area contributed by atoms with E-state index in [9.17, 15) is 26.4 Å². The first-order chi connectivity index (χ1) is 12.5. The van der Waals surface area contributed by atoms with Crippen molar-refractivity contribution >= 4 is 27.4 Å². The van der Waals surface area contributed by atoms with Crippen LogP contribution in [0.25, 0.3) is 0 Å². The summed E-state index contributed by atoms with van der Waals surface area (Å²) in [6.07, 6.45) is -3.51. The topological polar surface area (TPSA) is 87.3 Å². The van der Waals surface area contributed by atoms with Crippen LogP contribution < -0.4 is 15.4 Å². The minimum atomic E-state index is -4.52. The monoisotopic (exact) mass is 401 g/mol. The number of rotatable bonds is 5. The molecule has 0 aliphatic heterocycles. The lowest BCUT2D eigenvalue weighted by Crippen LogP contribution is -2.31. The first-order valence-electron chi connectivity index (χ1n) is 7.77. The predicted molar refractivity (Wildman–Crippen MR) is 96.9 cm³/mol. The quantitative estimate of drug-likeness (QED) is 0.709. The minimum absolute atomic E-state index is 0.0166. The number of carbonyl (C=O) groups excluding carboxylic acids is 1. The van der Waals surface area contributed by atoms with Crippen LogP contribution in [0.5, 0.6) is 0 Å². The van der Waals surface area contributed by atoms with Crippen molar-refractivity contribution in [1.29, 1.82) is 0 Å². The molecule has 0 saturated carbocycles. The van der Waals surface area contributed by atoms with Crippen LogP contribution in [0.3, 0.4) is 0 Å². The number of sulfonamides is 1. The Hall–Kier alpha value is -2.75. The second kappa shape index (κ2) is 7.87. The molecule has 0 fully saturated rings. The summed E-state index contributed by atoms with van der Waals surface area (Å²) in [6.45, 7) is 1.62. The van der Waals surface area contributed by atoms with Gasteiger partial charge in [0, 0.05) is 5.69 Å². The van der Waals surface area contributed by atoms with E-state index in [1.807, 2.05) is 0 Å². The van der Waals surface area contributed by atoms with Crippen LogP contribution >= 0.6 is 0 Å². The summed E-state index contributed by atoms with van der Waals surface area (Å²) in [5.74, 6) is 0. The molecule has 0 aliphatic rings. The van der Waals surface area contributed by atoms with E-state index >= 15 is 0 Å². The van der Waals surface area contributed by atoms with Crippen molar-refractivity contribution in [3.8, 4) is 0 Å². The van der Waals surface area contributed by atoms with Crippen molar-refractivity contribution in [2.24, 2.45) is 0 Å². The Morgan fingerprint density at radius 2 is 1.74 bits per heavy atom. The Bertz CT molecular complexity index is 930. The maximum Gasteiger partial charge on any atom is 0.416 e. The van der Waals surface area contributed by atoms with Gasteiger partial charge < -0.3 is 10.6 Å². The van der Waals surface area contributed by atoms with Gasteiger partial charge in [-0.15, -0.1) is 0 Å². The van der Waals surface area contributed by atoms with Gasteiger partial charge in [-0.1, -0.05) is 24.3 Å². The molecule has 6 nitrogen and oxygen atoms in total. The second-order valence-corrected chi connectivity index (χ2v) is 7.61. The molecule has 0 radical (unpaired) electrons. The highest BCUT2D eigenvalue weighted by molar-refractivity contribution is 7.92. The zero-order valence-electron chi connectivity index (χ0n) is 14.5. The van der Waals surface area contributed by atoms with E-state index < -0.39 is 33.8 Å². The van der Waals surface area contributed by atoms with Gasteiger partial charge in [-0.25, -0.2) is 13.2 Å². The number of nitrogens with one attached hydrogen (secondary N) is 3. The zero-order valence-corrected chi connectivity index (χ0v) is 15.3. The summed E-state index contributed by atoms with van der Waals surface area (Å²) in [4.78, 5) is 12.1. The molecule has 0 unspecified atom stereocenters. The average molecular weight is 401 g/mol. The van der Waals surface area contributed by atoms with Crippen molar-refractivity contribution in [3.05, 3.63) is 59.7 Å². The molecular formula is C17H18F3N3O3S. The van der Waals surface area contributed by atoms with E-state index in [0.717, 1.165) is 18.4 Å². The van der Waals surface area contributed by atoms with Gasteiger partial charge in [0.2, 0.25) is 10.0 Å². The van der Waals surface area contributed by atoms with E-state index in [1.165, 1.54) is 12.1 Å². The molecule has 10 heteroatoms. The zero-order chi connectivity index (χ0) is 20.2. The molecule has 27 heavy (non-hydrogen) atoms. The van der Waals surface area contributed by atoms with Crippen LogP contribution in [0.4, 0.5) is 29.3 Å². The third kappa shape index (κ3) is 6.17. The van der Waals surface area contributed by atoms with E-state index in [1.54, 1.807) is 31.2 Å². The predicted octanol–water partition coefficient (Wildman–Crippen LogP) is 3.96. The smallest absolute Gasteiger partial charge is 0.331 e. The molecule has 0 saturated heterocycles. The van der Waals surface area contributed by atoms with Gasteiger partial charge in [0.15, 0.2) is 0 Å². The van der Waals surface area contributed by atoms with Gasteiger partial charge in [-0.2, -0.15) is 13.2 Å². The molecule has 0 spiro atoms. The summed E-state index contributed by atoms with van der Waals surface area (Å²) in [5, 5.41) is 4.90. The largest absolute Gasteiger partial charge is 0.416 e. The van der Waals surface area contributed by atoms with Gasteiger partial charge in [-0.05, 0) is 36.8 Å². The van der Waals surface area contributed by atoms with Gasteiger partial charge in [-0.3, -0.25) is 4.72 Å². The Morgan fingerprint density at radius 3 is 2.37 bits per heavy atom. The molecule has 2 rings (SSSR count). The number of alkyl halides is 3. The summed E-state index contributed by atoms with van der Waals surface area (Å²) >= 11 is 0. The molecule has 0 aliphatic carbocycles. The molecular weight excluding hydrogens is 383 g/mol. The van der Waals surface area contributed by atoms with E-state index in [4.69, 9.17) is 0 Å². The number of benzene rings is 2. The Labute approximate surface area is 154 Å². The highest BCUT2D eigenvalue weighted by Crippen LogP contribution is 2.30. The fourth-order valence-corrected chi connectivity index (χ4v) is 2.97. The minimum Gasteiger partial charge on any atom is -0.331 e. The van der Waals surface area contributed by atoms with Crippen LogP contribution in [-0.2, 0) is 16.2 Å². The van der Waals surface area contributed by atoms with Crippen molar-refractivity contribution in [2.75, 3.05) is 16.3 Å². The van der Waals surface area contributed by atoms with E-state index in [2.05, 4.69) is 15.4 Å². The van der Waals surface area contributed by atoms with Crippen LogP contribution in [0.2, 0.25) is 0 Å². The number of urea groups is 1. The maximum atomic E-state index is 12.7. The SMILES string of the molecule is C[C@H](NC(=O)Nc1cccc(C(F)(F)F)c1)c1ccccc1NS(C)(=O)=O. The number of hydrogen-bond acceptors (Lipinski definition) is 3. The van der Waals surface area contributed by atoms with Gasteiger partial charge >= 0.3 is 12.2 Å². The van der Waals surface area contributed by atoms with Gasteiger partial charge in [0.25, 0.3) is 0 Å². The van der Waals surface area contributed by atoms with Crippen molar-refractivity contribution in [1.82, 2.24) is 5.32 Å². The summed E-state index contributed by atoms with van der Waals surface area (Å²) in [6, 6.07) is 9.38. The highest BCUT2D eigenvalue weighted by Gasteiger charge is 2.30. The van der Waals surface area contributed by atoms with Crippen LogP contribution in [0.1, 0.15) is 24.1 Å². The summed E-state index contributed by atoms with van der Waals surface area (Å²) in [7, 11) is -3.51. The Morgan fingerprint density at radius 1 is 1.07 bits per heavy atom. The number of amides is 2. The molecule has 3 N–H and O–H groups in total. The molecule has 146 valence electrons. The van der Waals surface area contributed by atoms with Crippen molar-refractivity contribution in [2.45, 2.75) is 19.1 Å². The lowest BCUT2D eigenvalue weighted by atomic mass is 10.1. The number of para-hydroxylation sites is 1. The number of anilines is 2. The maximum absolute atomic E-state index is 12.7. The summed E-state index contributed by atoms with van der Waals surface area (Å²) < 4.78 is 63.4. The van der Waals surface area contributed by atoms with E-state index in [-0.39, 0.29) is 5.69 Å². The number of halogens is 3. The van der Waals surface area contributed by atoms with Crippen molar-refractivity contribution < 1.29 is 26.4 Å². The lowest BCUT2D eigenvalue weighted by molar-refractivity contribution is -0.137. The lowest BCUT2D eigenvalue weighted by Gasteiger charge is -2.19. The van der Waals surface area contributed by atoms with Crippen LogP contribution in [0, 0.1) is 0 Å². The van der Waals surface area contributed by atoms with E-state index in [0.29, 0.717) is 11.3 Å². The van der Waals surface area contributed by atoms with Crippen LogP contribution in [0.15, 0.2) is 48.5 Å². The first kappa shape index (κ1) is 20.6. The van der Waals surface area contributed by atoms with Crippen molar-refractivity contribution in [3.63, 3.8) is 0 Å². The number of hydrogen-bond donors (Lipinski definition) is 3. The molecule has 0 aromatic heterocycles.